The molecule has 112 valence electrons. The van der Waals surface area contributed by atoms with Gasteiger partial charge in [0.25, 0.3) is 0 Å². The molecule has 1 atom stereocenters. The van der Waals surface area contributed by atoms with Crippen LogP contribution < -0.4 is 10.1 Å². The van der Waals surface area contributed by atoms with Gasteiger partial charge in [-0.3, -0.25) is 0 Å². The second kappa shape index (κ2) is 7.53. The van der Waals surface area contributed by atoms with E-state index >= 15 is 0 Å². The van der Waals surface area contributed by atoms with E-state index in [4.69, 9.17) is 4.74 Å². The zero-order chi connectivity index (χ0) is 14.4. The van der Waals surface area contributed by atoms with Crippen LogP contribution in [0.2, 0.25) is 0 Å². The van der Waals surface area contributed by atoms with Gasteiger partial charge in [0, 0.05) is 12.6 Å². The van der Waals surface area contributed by atoms with E-state index in [9.17, 15) is 5.11 Å². The average molecular weight is 277 g/mol. The molecular weight excluding hydrogens is 250 g/mol. The molecule has 1 aliphatic carbocycles. The number of rotatable bonds is 6. The number of phenols is 1. The van der Waals surface area contributed by atoms with E-state index in [1.54, 1.807) is 6.07 Å². The van der Waals surface area contributed by atoms with Crippen LogP contribution >= 0.6 is 0 Å². The summed E-state index contributed by atoms with van der Waals surface area (Å²) in [7, 11) is 0. The molecule has 3 heteroatoms. The first kappa shape index (κ1) is 15.2. The Morgan fingerprint density at radius 3 is 2.75 bits per heavy atom. The lowest BCUT2D eigenvalue weighted by Crippen LogP contribution is -2.34. The normalized spacial score (nSPS) is 17.9. The summed E-state index contributed by atoms with van der Waals surface area (Å²) in [5.74, 6) is 1.61. The van der Waals surface area contributed by atoms with Gasteiger partial charge in [-0.05, 0) is 50.3 Å². The van der Waals surface area contributed by atoms with Crippen molar-refractivity contribution in [2.75, 3.05) is 6.61 Å². The second-order valence-corrected chi connectivity index (χ2v) is 5.80. The van der Waals surface area contributed by atoms with E-state index in [2.05, 4.69) is 12.2 Å². The van der Waals surface area contributed by atoms with Gasteiger partial charge in [-0.15, -0.1) is 0 Å². The lowest BCUT2D eigenvalue weighted by molar-refractivity contribution is 0.280. The number of nitrogens with one attached hydrogen (secondary N) is 1. The molecule has 1 unspecified atom stereocenters. The van der Waals surface area contributed by atoms with Crippen molar-refractivity contribution in [1.29, 1.82) is 0 Å². The van der Waals surface area contributed by atoms with Crippen LogP contribution in [-0.2, 0) is 6.54 Å². The van der Waals surface area contributed by atoms with Crippen molar-refractivity contribution < 1.29 is 9.84 Å². The van der Waals surface area contributed by atoms with Gasteiger partial charge >= 0.3 is 0 Å². The number of phenolic OH excluding ortho intramolecular Hbond substituents is 1. The van der Waals surface area contributed by atoms with Gasteiger partial charge in [0.05, 0.1) is 6.61 Å². The highest BCUT2D eigenvalue weighted by molar-refractivity contribution is 5.41. The van der Waals surface area contributed by atoms with Crippen molar-refractivity contribution in [3.05, 3.63) is 23.8 Å². The number of hydrogen-bond acceptors (Lipinski definition) is 3. The van der Waals surface area contributed by atoms with Crippen molar-refractivity contribution in [3.8, 4) is 11.5 Å². The molecule has 1 saturated carbocycles. The molecule has 1 aromatic rings. The molecule has 20 heavy (non-hydrogen) atoms. The maximum absolute atomic E-state index is 9.70. The van der Waals surface area contributed by atoms with E-state index < -0.39 is 0 Å². The van der Waals surface area contributed by atoms with Gasteiger partial charge in [0.1, 0.15) is 0 Å². The summed E-state index contributed by atoms with van der Waals surface area (Å²) in [6, 6.07) is 6.16. The lowest BCUT2D eigenvalue weighted by Gasteiger charge is -2.28. The molecule has 0 amide bonds. The van der Waals surface area contributed by atoms with Crippen LogP contribution in [0.25, 0.3) is 0 Å². The number of aromatic hydroxyl groups is 1. The minimum atomic E-state index is 0.218. The van der Waals surface area contributed by atoms with Gasteiger partial charge in [-0.2, -0.15) is 0 Å². The molecule has 0 radical (unpaired) electrons. The molecule has 3 nitrogen and oxygen atoms in total. The molecule has 0 heterocycles. The topological polar surface area (TPSA) is 41.5 Å². The van der Waals surface area contributed by atoms with Crippen LogP contribution in [0.5, 0.6) is 11.5 Å². The van der Waals surface area contributed by atoms with Crippen molar-refractivity contribution in [3.63, 3.8) is 0 Å². The Balaban J connectivity index is 1.88. The Bertz CT molecular complexity index is 413. The minimum Gasteiger partial charge on any atom is -0.504 e. The first-order valence-electron chi connectivity index (χ1n) is 7.88. The number of ether oxygens (including phenoxy) is 1. The van der Waals surface area contributed by atoms with Crippen LogP contribution in [0.4, 0.5) is 0 Å². The fraction of sp³-hybridized carbons (Fsp3) is 0.647. The Labute approximate surface area is 122 Å². The highest BCUT2D eigenvalue weighted by atomic mass is 16.5. The molecule has 1 aromatic carbocycles. The first-order chi connectivity index (χ1) is 9.70. The van der Waals surface area contributed by atoms with Crippen molar-refractivity contribution in [1.82, 2.24) is 5.32 Å². The van der Waals surface area contributed by atoms with Gasteiger partial charge in [0.2, 0.25) is 0 Å². The van der Waals surface area contributed by atoms with E-state index in [-0.39, 0.29) is 5.75 Å². The Kier molecular flexibility index (Phi) is 5.72. The summed E-state index contributed by atoms with van der Waals surface area (Å²) < 4.78 is 5.42. The third-order valence-electron chi connectivity index (χ3n) is 4.31. The van der Waals surface area contributed by atoms with Crippen molar-refractivity contribution >= 4 is 0 Å². The maximum atomic E-state index is 9.70. The molecule has 0 aromatic heterocycles. The van der Waals surface area contributed by atoms with Gasteiger partial charge in [0.15, 0.2) is 11.5 Å². The Hall–Kier alpha value is -1.22. The fourth-order valence-corrected chi connectivity index (χ4v) is 3.02. The first-order valence-corrected chi connectivity index (χ1v) is 7.88. The largest absolute Gasteiger partial charge is 0.504 e. The third-order valence-corrected chi connectivity index (χ3v) is 4.31. The molecule has 2 N–H and O–H groups in total. The molecule has 0 saturated heterocycles. The summed E-state index contributed by atoms with van der Waals surface area (Å²) in [5, 5.41) is 13.3. The van der Waals surface area contributed by atoms with Crippen LogP contribution in [0.3, 0.4) is 0 Å². The predicted octanol–water partition coefficient (Wildman–Crippen LogP) is 3.85. The second-order valence-electron chi connectivity index (χ2n) is 5.80. The smallest absolute Gasteiger partial charge is 0.161 e. The highest BCUT2D eigenvalue weighted by Gasteiger charge is 2.19. The van der Waals surface area contributed by atoms with E-state index in [0.717, 1.165) is 18.0 Å². The monoisotopic (exact) mass is 277 g/mol. The number of benzene rings is 1. The summed E-state index contributed by atoms with van der Waals surface area (Å²) in [4.78, 5) is 0. The van der Waals surface area contributed by atoms with Gasteiger partial charge in [-0.25, -0.2) is 0 Å². The van der Waals surface area contributed by atoms with Crippen LogP contribution in [0.15, 0.2) is 18.2 Å². The summed E-state index contributed by atoms with van der Waals surface area (Å²) in [6.07, 6.45) is 6.87. The number of hydrogen-bond donors (Lipinski definition) is 2. The zero-order valence-corrected chi connectivity index (χ0v) is 12.7. The molecule has 0 spiro atoms. The molecule has 1 fully saturated rings. The SMILES string of the molecule is CCOc1cc(CNC(C)C2CCCCC2)ccc1O. The highest BCUT2D eigenvalue weighted by Crippen LogP contribution is 2.28. The van der Waals surface area contributed by atoms with Crippen LogP contribution in [-0.4, -0.2) is 17.8 Å². The van der Waals surface area contributed by atoms with Crippen molar-refractivity contribution in [2.45, 2.75) is 58.5 Å². The zero-order valence-electron chi connectivity index (χ0n) is 12.7. The third kappa shape index (κ3) is 4.14. The Morgan fingerprint density at radius 2 is 2.05 bits per heavy atom. The molecule has 2 rings (SSSR count). The van der Waals surface area contributed by atoms with Crippen LogP contribution in [0, 0.1) is 5.92 Å². The molecule has 0 aliphatic heterocycles. The summed E-state index contributed by atoms with van der Waals surface area (Å²) in [6.45, 7) is 5.62. The fourth-order valence-electron chi connectivity index (χ4n) is 3.02. The van der Waals surface area contributed by atoms with Gasteiger partial charge < -0.3 is 15.2 Å². The average Bonchev–Trinajstić information content (AvgIpc) is 2.49. The predicted molar refractivity (Wildman–Crippen MR) is 82.2 cm³/mol. The van der Waals surface area contributed by atoms with Crippen LogP contribution in [0.1, 0.15) is 51.5 Å². The standard InChI is InChI=1S/C17H27NO2/c1-3-20-17-11-14(9-10-16(17)19)12-18-13(2)15-7-5-4-6-8-15/h9-11,13,15,18-19H,3-8,12H2,1-2H3. The van der Waals surface area contributed by atoms with Gasteiger partial charge in [-0.1, -0.05) is 25.3 Å². The van der Waals surface area contributed by atoms with E-state index in [0.29, 0.717) is 18.4 Å². The maximum Gasteiger partial charge on any atom is 0.161 e. The Morgan fingerprint density at radius 1 is 1.30 bits per heavy atom. The lowest BCUT2D eigenvalue weighted by atomic mass is 9.84. The molecular formula is C17H27NO2. The van der Waals surface area contributed by atoms with E-state index in [1.807, 2.05) is 19.1 Å². The quantitative estimate of drug-likeness (QED) is 0.830. The molecule has 1 aliphatic rings. The summed E-state index contributed by atoms with van der Waals surface area (Å²) >= 11 is 0. The van der Waals surface area contributed by atoms with Crippen molar-refractivity contribution in [2.24, 2.45) is 5.92 Å². The van der Waals surface area contributed by atoms with E-state index in [1.165, 1.54) is 32.1 Å². The summed E-state index contributed by atoms with van der Waals surface area (Å²) in [5.41, 5.74) is 1.16. The molecule has 0 bridgehead atoms. The minimum absolute atomic E-state index is 0.218.